The van der Waals surface area contributed by atoms with Crippen LogP contribution >= 0.6 is 15.9 Å². The summed E-state index contributed by atoms with van der Waals surface area (Å²) >= 11 is 3.37. The molecule has 0 unspecified atom stereocenters. The van der Waals surface area contributed by atoms with Crippen molar-refractivity contribution in [3.63, 3.8) is 0 Å². The number of benzene rings is 2. The first kappa shape index (κ1) is 13.9. The van der Waals surface area contributed by atoms with Crippen LogP contribution < -0.4 is 5.32 Å². The molecule has 0 spiro atoms. The van der Waals surface area contributed by atoms with Crippen LogP contribution in [0.1, 0.15) is 11.1 Å². The lowest BCUT2D eigenvalue weighted by molar-refractivity contribution is -0.137. The van der Waals surface area contributed by atoms with E-state index >= 15 is 0 Å². The normalized spacial score (nSPS) is 11.4. The van der Waals surface area contributed by atoms with Crippen LogP contribution in [0.25, 0.3) is 0 Å². The molecule has 100 valence electrons. The minimum atomic E-state index is -4.29. The quantitative estimate of drug-likeness (QED) is 0.827. The monoisotopic (exact) mass is 329 g/mol. The van der Waals surface area contributed by atoms with Gasteiger partial charge in [-0.1, -0.05) is 28.1 Å². The summed E-state index contributed by atoms with van der Waals surface area (Å²) in [5, 5.41) is 3.08. The van der Waals surface area contributed by atoms with Gasteiger partial charge in [0.25, 0.3) is 0 Å². The summed E-state index contributed by atoms with van der Waals surface area (Å²) in [7, 11) is 0. The van der Waals surface area contributed by atoms with Gasteiger partial charge in [0.05, 0.1) is 5.56 Å². The molecule has 2 aromatic rings. The molecule has 0 aromatic heterocycles. The zero-order valence-corrected chi connectivity index (χ0v) is 11.4. The van der Waals surface area contributed by atoms with E-state index in [0.717, 1.165) is 22.2 Å². The van der Waals surface area contributed by atoms with Crippen molar-refractivity contribution in [1.82, 2.24) is 0 Å². The largest absolute Gasteiger partial charge is 0.416 e. The average Bonchev–Trinajstić information content (AvgIpc) is 2.36. The average molecular weight is 330 g/mol. The van der Waals surface area contributed by atoms with Gasteiger partial charge < -0.3 is 5.32 Å². The second-order valence-electron chi connectivity index (χ2n) is 4.06. The zero-order valence-electron chi connectivity index (χ0n) is 9.84. The van der Waals surface area contributed by atoms with Gasteiger partial charge in [-0.05, 0) is 42.0 Å². The lowest BCUT2D eigenvalue weighted by Crippen LogP contribution is -2.05. The smallest absolute Gasteiger partial charge is 0.381 e. The lowest BCUT2D eigenvalue weighted by atomic mass is 10.2. The third-order valence-corrected chi connectivity index (χ3v) is 3.09. The number of alkyl halides is 3. The van der Waals surface area contributed by atoms with Gasteiger partial charge in [-0.2, -0.15) is 13.2 Å². The van der Waals surface area contributed by atoms with Crippen LogP contribution in [0.3, 0.4) is 0 Å². The third-order valence-electron chi connectivity index (χ3n) is 2.60. The Bertz CT molecular complexity index is 549. The first-order valence-electron chi connectivity index (χ1n) is 5.61. The van der Waals surface area contributed by atoms with Crippen LogP contribution in [0, 0.1) is 0 Å². The fourth-order valence-corrected chi connectivity index (χ4v) is 2.07. The predicted molar refractivity (Wildman–Crippen MR) is 72.9 cm³/mol. The molecule has 5 heteroatoms. The Morgan fingerprint density at radius 2 is 1.68 bits per heavy atom. The van der Waals surface area contributed by atoms with E-state index < -0.39 is 11.7 Å². The lowest BCUT2D eigenvalue weighted by Gasteiger charge is -2.09. The Hall–Kier alpha value is -1.49. The minimum absolute atomic E-state index is 0.560. The van der Waals surface area contributed by atoms with Crippen molar-refractivity contribution in [1.29, 1.82) is 0 Å². The van der Waals surface area contributed by atoms with E-state index in [-0.39, 0.29) is 0 Å². The van der Waals surface area contributed by atoms with Crippen molar-refractivity contribution >= 4 is 21.6 Å². The number of hydrogen-bond donors (Lipinski definition) is 1. The SMILES string of the molecule is FC(F)(F)c1ccc(NCc2cccc(Br)c2)cc1. The highest BCUT2D eigenvalue weighted by Crippen LogP contribution is 2.29. The Morgan fingerprint density at radius 1 is 1.00 bits per heavy atom. The highest BCUT2D eigenvalue weighted by atomic mass is 79.9. The van der Waals surface area contributed by atoms with Gasteiger partial charge in [0, 0.05) is 16.7 Å². The summed E-state index contributed by atoms with van der Waals surface area (Å²) in [6.45, 7) is 0.560. The van der Waals surface area contributed by atoms with Gasteiger partial charge in [-0.25, -0.2) is 0 Å². The van der Waals surface area contributed by atoms with Crippen LogP contribution in [-0.4, -0.2) is 0 Å². The maximum Gasteiger partial charge on any atom is 0.416 e. The molecule has 0 amide bonds. The van der Waals surface area contributed by atoms with Gasteiger partial charge in [0.15, 0.2) is 0 Å². The topological polar surface area (TPSA) is 12.0 Å². The predicted octanol–water partition coefficient (Wildman–Crippen LogP) is 5.08. The molecule has 0 aliphatic rings. The van der Waals surface area contributed by atoms with Crippen molar-refractivity contribution in [2.75, 3.05) is 5.32 Å². The third kappa shape index (κ3) is 3.99. The molecule has 0 aliphatic heterocycles. The summed E-state index contributed by atoms with van der Waals surface area (Å²) in [5.74, 6) is 0. The molecule has 0 radical (unpaired) electrons. The van der Waals surface area contributed by atoms with E-state index in [9.17, 15) is 13.2 Å². The van der Waals surface area contributed by atoms with Crippen molar-refractivity contribution in [3.05, 3.63) is 64.1 Å². The summed E-state index contributed by atoms with van der Waals surface area (Å²) in [4.78, 5) is 0. The summed E-state index contributed by atoms with van der Waals surface area (Å²) in [6, 6.07) is 12.7. The first-order valence-corrected chi connectivity index (χ1v) is 6.40. The van der Waals surface area contributed by atoms with Gasteiger partial charge >= 0.3 is 6.18 Å². The van der Waals surface area contributed by atoms with E-state index in [0.29, 0.717) is 12.2 Å². The van der Waals surface area contributed by atoms with Crippen LogP contribution in [0.5, 0.6) is 0 Å². The Morgan fingerprint density at radius 3 is 2.26 bits per heavy atom. The molecule has 1 N–H and O–H groups in total. The number of hydrogen-bond acceptors (Lipinski definition) is 1. The van der Waals surface area contributed by atoms with Crippen LogP contribution in [0.2, 0.25) is 0 Å². The van der Waals surface area contributed by atoms with E-state index in [1.807, 2.05) is 24.3 Å². The molecule has 0 bridgehead atoms. The molecular formula is C14H11BrF3N. The molecule has 0 saturated carbocycles. The molecule has 0 saturated heterocycles. The Labute approximate surface area is 117 Å². The number of nitrogens with one attached hydrogen (secondary N) is 1. The number of rotatable bonds is 3. The highest BCUT2D eigenvalue weighted by molar-refractivity contribution is 9.10. The van der Waals surface area contributed by atoms with Crippen molar-refractivity contribution in [2.45, 2.75) is 12.7 Å². The second-order valence-corrected chi connectivity index (χ2v) is 4.97. The van der Waals surface area contributed by atoms with Crippen LogP contribution in [-0.2, 0) is 12.7 Å². The summed E-state index contributed by atoms with van der Waals surface area (Å²) in [6.07, 6.45) is -4.29. The molecule has 2 rings (SSSR count). The van der Waals surface area contributed by atoms with E-state index in [1.165, 1.54) is 12.1 Å². The fourth-order valence-electron chi connectivity index (χ4n) is 1.63. The summed E-state index contributed by atoms with van der Waals surface area (Å²) in [5.41, 5.74) is 1.07. The first-order chi connectivity index (χ1) is 8.95. The van der Waals surface area contributed by atoms with Gasteiger partial charge in [0.1, 0.15) is 0 Å². The molecule has 0 atom stereocenters. The van der Waals surface area contributed by atoms with E-state index in [2.05, 4.69) is 21.2 Å². The number of halogens is 4. The van der Waals surface area contributed by atoms with Gasteiger partial charge in [-0.3, -0.25) is 0 Å². The molecule has 1 nitrogen and oxygen atoms in total. The zero-order chi connectivity index (χ0) is 13.9. The Balaban J connectivity index is 2.01. The fraction of sp³-hybridized carbons (Fsp3) is 0.143. The molecule has 0 heterocycles. The molecule has 0 fully saturated rings. The Kier molecular flexibility index (Phi) is 4.14. The molecule has 0 aliphatic carbocycles. The second kappa shape index (κ2) is 5.65. The molecular weight excluding hydrogens is 319 g/mol. The summed E-state index contributed by atoms with van der Waals surface area (Å²) < 4.78 is 38.1. The highest BCUT2D eigenvalue weighted by Gasteiger charge is 2.29. The van der Waals surface area contributed by atoms with E-state index in [4.69, 9.17) is 0 Å². The molecule has 2 aromatic carbocycles. The number of anilines is 1. The van der Waals surface area contributed by atoms with Crippen LogP contribution in [0.4, 0.5) is 18.9 Å². The van der Waals surface area contributed by atoms with Gasteiger partial charge in [-0.15, -0.1) is 0 Å². The maximum absolute atomic E-state index is 12.4. The molecule has 19 heavy (non-hydrogen) atoms. The van der Waals surface area contributed by atoms with Crippen LogP contribution in [0.15, 0.2) is 53.0 Å². The van der Waals surface area contributed by atoms with Crippen molar-refractivity contribution in [3.8, 4) is 0 Å². The van der Waals surface area contributed by atoms with Crippen molar-refractivity contribution < 1.29 is 13.2 Å². The van der Waals surface area contributed by atoms with Gasteiger partial charge in [0.2, 0.25) is 0 Å². The van der Waals surface area contributed by atoms with E-state index in [1.54, 1.807) is 0 Å². The maximum atomic E-state index is 12.4. The van der Waals surface area contributed by atoms with Crippen molar-refractivity contribution in [2.24, 2.45) is 0 Å². The minimum Gasteiger partial charge on any atom is -0.381 e. The standard InChI is InChI=1S/C14H11BrF3N/c15-12-3-1-2-10(8-12)9-19-13-6-4-11(5-7-13)14(16,17)18/h1-8,19H,9H2.